The zero-order valence-corrected chi connectivity index (χ0v) is 15.3. The highest BCUT2D eigenvalue weighted by Gasteiger charge is 2.13. The Kier molecular flexibility index (Phi) is 6.26. The Balaban J connectivity index is 1.50. The van der Waals surface area contributed by atoms with E-state index in [1.807, 2.05) is 31.2 Å². The van der Waals surface area contributed by atoms with Gasteiger partial charge >= 0.3 is 0 Å². The summed E-state index contributed by atoms with van der Waals surface area (Å²) in [6.07, 6.45) is 0. The number of aromatic nitrogens is 2. The molecule has 27 heavy (non-hydrogen) atoms. The van der Waals surface area contributed by atoms with E-state index in [0.29, 0.717) is 29.8 Å². The highest BCUT2D eigenvalue weighted by molar-refractivity contribution is 7.99. The molecule has 0 aliphatic heterocycles. The number of thioether (sulfide) groups is 1. The molecular formula is C18H17N3O5S. The van der Waals surface area contributed by atoms with Crippen molar-refractivity contribution in [2.75, 3.05) is 19.0 Å². The molecule has 8 nitrogen and oxygen atoms in total. The second kappa shape index (κ2) is 9.04. The fourth-order valence-electron chi connectivity index (χ4n) is 2.22. The van der Waals surface area contributed by atoms with Gasteiger partial charge in [-0.2, -0.15) is 0 Å². The number of ether oxygens (including phenoxy) is 2. The van der Waals surface area contributed by atoms with Crippen LogP contribution >= 0.6 is 11.8 Å². The van der Waals surface area contributed by atoms with Crippen LogP contribution in [0.4, 0.5) is 5.69 Å². The van der Waals surface area contributed by atoms with Crippen LogP contribution in [-0.4, -0.2) is 34.1 Å². The van der Waals surface area contributed by atoms with Gasteiger partial charge in [-0.3, -0.25) is 10.1 Å². The number of non-ortho nitro benzene ring substituents is 1. The van der Waals surface area contributed by atoms with Crippen molar-refractivity contribution >= 4 is 17.4 Å². The molecule has 1 aromatic heterocycles. The van der Waals surface area contributed by atoms with Crippen LogP contribution in [0.3, 0.4) is 0 Å². The first-order valence-electron chi connectivity index (χ1n) is 8.22. The summed E-state index contributed by atoms with van der Waals surface area (Å²) in [7, 11) is 0. The molecule has 0 atom stereocenters. The van der Waals surface area contributed by atoms with Gasteiger partial charge in [-0.1, -0.05) is 17.8 Å². The smallest absolute Gasteiger partial charge is 0.276 e. The highest BCUT2D eigenvalue weighted by Crippen LogP contribution is 2.26. The summed E-state index contributed by atoms with van der Waals surface area (Å²) < 4.78 is 16.6. The maximum Gasteiger partial charge on any atom is 0.276 e. The van der Waals surface area contributed by atoms with Crippen LogP contribution in [0.15, 0.2) is 58.2 Å². The van der Waals surface area contributed by atoms with E-state index < -0.39 is 4.92 Å². The average Bonchev–Trinajstić information content (AvgIpc) is 3.16. The first-order chi connectivity index (χ1) is 13.2. The fourth-order valence-corrected chi connectivity index (χ4v) is 2.80. The lowest BCUT2D eigenvalue weighted by molar-refractivity contribution is -0.384. The third kappa shape index (κ3) is 5.20. The van der Waals surface area contributed by atoms with Gasteiger partial charge in [0.2, 0.25) is 5.89 Å². The summed E-state index contributed by atoms with van der Waals surface area (Å²) in [5, 5.41) is 19.1. The van der Waals surface area contributed by atoms with Gasteiger partial charge in [-0.15, -0.1) is 10.2 Å². The molecule has 1 heterocycles. The Hall–Kier alpha value is -3.07. The summed E-state index contributed by atoms with van der Waals surface area (Å²) in [6, 6.07) is 13.5. The van der Waals surface area contributed by atoms with Crippen molar-refractivity contribution in [3.05, 3.63) is 58.6 Å². The Labute approximate surface area is 159 Å². The highest BCUT2D eigenvalue weighted by atomic mass is 32.2. The molecule has 3 aromatic rings. The summed E-state index contributed by atoms with van der Waals surface area (Å²) in [5.74, 6) is 2.42. The molecular weight excluding hydrogens is 370 g/mol. The van der Waals surface area contributed by atoms with Gasteiger partial charge in [0.05, 0.1) is 18.1 Å². The largest absolute Gasteiger partial charge is 0.494 e. The molecule has 0 unspecified atom stereocenters. The number of rotatable bonds is 9. The predicted molar refractivity (Wildman–Crippen MR) is 100 cm³/mol. The Bertz CT molecular complexity index is 898. The molecule has 0 N–H and O–H groups in total. The van der Waals surface area contributed by atoms with E-state index in [4.69, 9.17) is 13.9 Å². The third-order valence-corrected chi connectivity index (χ3v) is 4.21. The van der Waals surface area contributed by atoms with E-state index in [0.717, 1.165) is 11.5 Å². The number of nitro benzene ring substituents is 1. The van der Waals surface area contributed by atoms with Crippen molar-refractivity contribution < 1.29 is 18.8 Å². The van der Waals surface area contributed by atoms with Crippen LogP contribution in [0, 0.1) is 10.1 Å². The Morgan fingerprint density at radius 1 is 1.11 bits per heavy atom. The second-order valence-electron chi connectivity index (χ2n) is 5.28. The van der Waals surface area contributed by atoms with Crippen molar-refractivity contribution in [1.82, 2.24) is 10.2 Å². The normalized spacial score (nSPS) is 10.6. The zero-order valence-electron chi connectivity index (χ0n) is 14.5. The van der Waals surface area contributed by atoms with E-state index in [-0.39, 0.29) is 11.6 Å². The van der Waals surface area contributed by atoms with Crippen LogP contribution in [0.2, 0.25) is 0 Å². The standard InChI is InChI=1S/C18H17N3O5S/c1-2-24-15-6-8-16(9-7-15)25-10-11-27-18-20-19-17(26-18)13-4-3-5-14(12-13)21(22)23/h3-9,12H,2,10-11H2,1H3. The number of benzene rings is 2. The summed E-state index contributed by atoms with van der Waals surface area (Å²) in [6.45, 7) is 3.02. The molecule has 0 amide bonds. The van der Waals surface area contributed by atoms with Gasteiger partial charge in [-0.25, -0.2) is 0 Å². The van der Waals surface area contributed by atoms with Crippen LogP contribution in [-0.2, 0) is 0 Å². The minimum atomic E-state index is -0.465. The number of nitro groups is 1. The lowest BCUT2D eigenvalue weighted by atomic mass is 10.2. The van der Waals surface area contributed by atoms with E-state index in [2.05, 4.69) is 10.2 Å². The molecule has 2 aromatic carbocycles. The molecule has 3 rings (SSSR count). The molecule has 0 aliphatic carbocycles. The van der Waals surface area contributed by atoms with Crippen molar-refractivity contribution in [3.63, 3.8) is 0 Å². The van der Waals surface area contributed by atoms with E-state index in [9.17, 15) is 10.1 Å². The van der Waals surface area contributed by atoms with Crippen LogP contribution < -0.4 is 9.47 Å². The van der Waals surface area contributed by atoms with Crippen molar-refractivity contribution in [3.8, 4) is 23.0 Å². The quantitative estimate of drug-likeness (QED) is 0.233. The first kappa shape index (κ1) is 18.7. The lowest BCUT2D eigenvalue weighted by Crippen LogP contribution is -2.00. The van der Waals surface area contributed by atoms with E-state index >= 15 is 0 Å². The molecule has 9 heteroatoms. The van der Waals surface area contributed by atoms with Gasteiger partial charge in [0.15, 0.2) is 0 Å². The Morgan fingerprint density at radius 2 is 1.85 bits per heavy atom. The second-order valence-corrected chi connectivity index (χ2v) is 6.33. The minimum absolute atomic E-state index is 0.0244. The molecule has 140 valence electrons. The van der Waals surface area contributed by atoms with Crippen LogP contribution in [0.25, 0.3) is 11.5 Å². The molecule has 0 bridgehead atoms. The van der Waals surface area contributed by atoms with Crippen molar-refractivity contribution in [2.45, 2.75) is 12.1 Å². The monoisotopic (exact) mass is 387 g/mol. The molecule has 0 radical (unpaired) electrons. The number of hydrogen-bond donors (Lipinski definition) is 0. The summed E-state index contributed by atoms with van der Waals surface area (Å²) >= 11 is 1.35. The molecule has 0 spiro atoms. The van der Waals surface area contributed by atoms with Crippen LogP contribution in [0.1, 0.15) is 6.92 Å². The van der Waals surface area contributed by atoms with Crippen molar-refractivity contribution in [2.24, 2.45) is 0 Å². The van der Waals surface area contributed by atoms with Gasteiger partial charge in [-0.05, 0) is 37.3 Å². The maximum atomic E-state index is 10.8. The van der Waals surface area contributed by atoms with Gasteiger partial charge in [0.1, 0.15) is 11.5 Å². The Morgan fingerprint density at radius 3 is 2.56 bits per heavy atom. The van der Waals surface area contributed by atoms with Crippen LogP contribution in [0.5, 0.6) is 11.5 Å². The first-order valence-corrected chi connectivity index (χ1v) is 9.21. The van der Waals surface area contributed by atoms with E-state index in [1.54, 1.807) is 12.1 Å². The average molecular weight is 387 g/mol. The maximum absolute atomic E-state index is 10.8. The topological polar surface area (TPSA) is 101 Å². The van der Waals surface area contributed by atoms with Gasteiger partial charge in [0, 0.05) is 23.4 Å². The third-order valence-electron chi connectivity index (χ3n) is 3.42. The minimum Gasteiger partial charge on any atom is -0.494 e. The fraction of sp³-hybridized carbons (Fsp3) is 0.222. The van der Waals surface area contributed by atoms with Gasteiger partial charge in [0.25, 0.3) is 10.9 Å². The molecule has 0 saturated carbocycles. The lowest BCUT2D eigenvalue weighted by Gasteiger charge is -2.06. The summed E-state index contributed by atoms with van der Waals surface area (Å²) in [4.78, 5) is 10.4. The number of nitrogens with zero attached hydrogens (tertiary/aromatic N) is 3. The zero-order chi connectivity index (χ0) is 19.1. The number of hydrogen-bond acceptors (Lipinski definition) is 8. The van der Waals surface area contributed by atoms with Gasteiger partial charge < -0.3 is 13.9 Å². The molecule has 0 saturated heterocycles. The predicted octanol–water partition coefficient (Wildman–Crippen LogP) is 4.21. The molecule has 0 aliphatic rings. The van der Waals surface area contributed by atoms with E-state index in [1.165, 1.54) is 23.9 Å². The molecule has 0 fully saturated rings. The summed E-state index contributed by atoms with van der Waals surface area (Å²) in [5.41, 5.74) is 0.484. The van der Waals surface area contributed by atoms with Crippen molar-refractivity contribution in [1.29, 1.82) is 0 Å². The SMILES string of the molecule is CCOc1ccc(OCCSc2nnc(-c3cccc([N+](=O)[O-])c3)o2)cc1.